The average Bonchev–Trinajstić information content (AvgIpc) is 2.57. The second-order valence-corrected chi connectivity index (χ2v) is 4.96. The molecule has 17 heavy (non-hydrogen) atoms. The zero-order valence-electron chi connectivity index (χ0n) is 11.2. The number of nitrogens with one attached hydrogen (secondary N) is 2. The smallest absolute Gasteiger partial charge is 0.234 e. The van der Waals surface area contributed by atoms with E-state index in [1.165, 1.54) is 0 Å². The Bertz CT molecular complexity index is 260. The lowest BCUT2D eigenvalue weighted by molar-refractivity contribution is -0.121. The van der Waals surface area contributed by atoms with Crippen LogP contribution in [0.3, 0.4) is 0 Å². The third-order valence-corrected chi connectivity index (χ3v) is 3.36. The molecular formula is C12H24N2O3. The van der Waals surface area contributed by atoms with Gasteiger partial charge in [0.05, 0.1) is 19.3 Å². The molecule has 1 aliphatic heterocycles. The molecular weight excluding hydrogens is 220 g/mol. The van der Waals surface area contributed by atoms with Gasteiger partial charge in [0, 0.05) is 25.3 Å². The number of ether oxygens (including phenoxy) is 2. The van der Waals surface area contributed by atoms with Crippen LogP contribution in [-0.4, -0.2) is 50.5 Å². The van der Waals surface area contributed by atoms with E-state index in [4.69, 9.17) is 9.47 Å². The van der Waals surface area contributed by atoms with Gasteiger partial charge in [-0.3, -0.25) is 4.79 Å². The Morgan fingerprint density at radius 2 is 2.35 bits per heavy atom. The molecule has 2 N–H and O–H groups in total. The van der Waals surface area contributed by atoms with Crippen LogP contribution in [0.5, 0.6) is 0 Å². The molecule has 3 unspecified atom stereocenters. The first-order chi connectivity index (χ1) is 7.98. The van der Waals surface area contributed by atoms with Gasteiger partial charge in [-0.05, 0) is 27.2 Å². The molecule has 1 amide bonds. The van der Waals surface area contributed by atoms with E-state index in [1.807, 2.05) is 13.8 Å². The van der Waals surface area contributed by atoms with Gasteiger partial charge < -0.3 is 20.1 Å². The van der Waals surface area contributed by atoms with E-state index in [0.29, 0.717) is 13.2 Å². The predicted molar refractivity (Wildman–Crippen MR) is 65.9 cm³/mol. The minimum Gasteiger partial charge on any atom is -0.383 e. The monoisotopic (exact) mass is 244 g/mol. The zero-order valence-corrected chi connectivity index (χ0v) is 11.2. The summed E-state index contributed by atoms with van der Waals surface area (Å²) in [6.45, 7) is 7.65. The summed E-state index contributed by atoms with van der Waals surface area (Å²) >= 11 is 0. The molecule has 0 spiro atoms. The van der Waals surface area contributed by atoms with Gasteiger partial charge in [0.15, 0.2) is 0 Å². The summed E-state index contributed by atoms with van der Waals surface area (Å²) < 4.78 is 10.5. The average molecular weight is 244 g/mol. The Morgan fingerprint density at radius 3 is 2.88 bits per heavy atom. The summed E-state index contributed by atoms with van der Waals surface area (Å²) in [7, 11) is 1.62. The highest BCUT2D eigenvalue weighted by molar-refractivity contribution is 5.78. The summed E-state index contributed by atoms with van der Waals surface area (Å²) in [6, 6.07) is 0.0411. The number of hydrogen-bond acceptors (Lipinski definition) is 4. The molecule has 0 aromatic carbocycles. The summed E-state index contributed by atoms with van der Waals surface area (Å²) in [4.78, 5) is 11.7. The van der Waals surface area contributed by atoms with E-state index in [-0.39, 0.29) is 23.6 Å². The van der Waals surface area contributed by atoms with Crippen LogP contribution >= 0.6 is 0 Å². The van der Waals surface area contributed by atoms with Crippen LogP contribution in [0.2, 0.25) is 0 Å². The molecule has 1 heterocycles. The van der Waals surface area contributed by atoms with Crippen molar-refractivity contribution in [1.29, 1.82) is 0 Å². The van der Waals surface area contributed by atoms with Crippen LogP contribution < -0.4 is 10.6 Å². The highest BCUT2D eigenvalue weighted by Crippen LogP contribution is 2.24. The first-order valence-corrected chi connectivity index (χ1v) is 6.13. The van der Waals surface area contributed by atoms with Gasteiger partial charge in [0.25, 0.3) is 0 Å². The topological polar surface area (TPSA) is 59.6 Å². The number of carbonyl (C=O) groups excluding carboxylic acids is 1. The Kier molecular flexibility index (Phi) is 5.36. The summed E-state index contributed by atoms with van der Waals surface area (Å²) in [5, 5.41) is 6.15. The Morgan fingerprint density at radius 1 is 1.65 bits per heavy atom. The fraction of sp³-hybridized carbons (Fsp3) is 0.917. The standard InChI is InChI=1S/C12H24N2O3/c1-9(8-16-4)14-11(15)7-13-12(3)5-6-17-10(12)2/h9-10,13H,5-8H2,1-4H3,(H,14,15). The fourth-order valence-electron chi connectivity index (χ4n) is 1.97. The maximum Gasteiger partial charge on any atom is 0.234 e. The normalized spacial score (nSPS) is 30.2. The molecule has 1 aliphatic rings. The molecule has 1 rings (SSSR count). The van der Waals surface area contributed by atoms with Crippen molar-refractivity contribution < 1.29 is 14.3 Å². The van der Waals surface area contributed by atoms with Gasteiger partial charge in [-0.2, -0.15) is 0 Å². The van der Waals surface area contributed by atoms with Crippen molar-refractivity contribution in [3.05, 3.63) is 0 Å². The van der Waals surface area contributed by atoms with Gasteiger partial charge in [0.1, 0.15) is 0 Å². The molecule has 1 fully saturated rings. The molecule has 5 heteroatoms. The summed E-state index contributed by atoms with van der Waals surface area (Å²) in [5.74, 6) is -0.00475. The zero-order chi connectivity index (χ0) is 12.9. The van der Waals surface area contributed by atoms with Crippen molar-refractivity contribution >= 4 is 5.91 Å². The van der Waals surface area contributed by atoms with E-state index in [1.54, 1.807) is 7.11 Å². The lowest BCUT2D eigenvalue weighted by Crippen LogP contribution is -2.52. The molecule has 3 atom stereocenters. The van der Waals surface area contributed by atoms with Crippen LogP contribution in [0.4, 0.5) is 0 Å². The van der Waals surface area contributed by atoms with E-state index >= 15 is 0 Å². The number of amides is 1. The van der Waals surface area contributed by atoms with E-state index in [9.17, 15) is 4.79 Å². The second-order valence-electron chi connectivity index (χ2n) is 4.96. The highest BCUT2D eigenvalue weighted by Gasteiger charge is 2.36. The number of methoxy groups -OCH3 is 1. The third-order valence-electron chi connectivity index (χ3n) is 3.36. The minimum absolute atomic E-state index is 0.00475. The summed E-state index contributed by atoms with van der Waals surface area (Å²) in [5.41, 5.74) is -0.0954. The van der Waals surface area contributed by atoms with Crippen LogP contribution in [0, 0.1) is 0 Å². The van der Waals surface area contributed by atoms with Gasteiger partial charge in [-0.25, -0.2) is 0 Å². The van der Waals surface area contributed by atoms with Gasteiger partial charge in [-0.15, -0.1) is 0 Å². The SMILES string of the molecule is COCC(C)NC(=O)CNC1(C)CCOC1C. The van der Waals surface area contributed by atoms with Crippen molar-refractivity contribution in [2.45, 2.75) is 44.9 Å². The van der Waals surface area contributed by atoms with Crippen molar-refractivity contribution in [2.24, 2.45) is 0 Å². The van der Waals surface area contributed by atoms with Crippen LogP contribution in [-0.2, 0) is 14.3 Å². The third kappa shape index (κ3) is 4.26. The van der Waals surface area contributed by atoms with Gasteiger partial charge in [-0.1, -0.05) is 0 Å². The highest BCUT2D eigenvalue weighted by atomic mass is 16.5. The minimum atomic E-state index is -0.0954. The van der Waals surface area contributed by atoms with E-state index in [2.05, 4.69) is 17.6 Å². The molecule has 0 saturated carbocycles. The van der Waals surface area contributed by atoms with Crippen molar-refractivity contribution in [3.63, 3.8) is 0 Å². The number of hydrogen-bond donors (Lipinski definition) is 2. The Balaban J connectivity index is 2.28. The van der Waals surface area contributed by atoms with Crippen LogP contribution in [0.1, 0.15) is 27.2 Å². The summed E-state index contributed by atoms with van der Waals surface area (Å²) in [6.07, 6.45) is 1.08. The Hall–Kier alpha value is -0.650. The van der Waals surface area contributed by atoms with Crippen LogP contribution in [0.25, 0.3) is 0 Å². The van der Waals surface area contributed by atoms with E-state index in [0.717, 1.165) is 13.0 Å². The Labute approximate surface area is 103 Å². The quantitative estimate of drug-likeness (QED) is 0.705. The molecule has 5 nitrogen and oxygen atoms in total. The molecule has 0 bridgehead atoms. The van der Waals surface area contributed by atoms with Crippen LogP contribution in [0.15, 0.2) is 0 Å². The maximum atomic E-state index is 11.7. The lowest BCUT2D eigenvalue weighted by Gasteiger charge is -2.29. The molecule has 0 aromatic rings. The fourth-order valence-corrected chi connectivity index (χ4v) is 1.97. The maximum absolute atomic E-state index is 11.7. The first kappa shape index (κ1) is 14.4. The number of carbonyl (C=O) groups is 1. The molecule has 1 saturated heterocycles. The second kappa shape index (κ2) is 6.33. The van der Waals surface area contributed by atoms with Crippen molar-refractivity contribution in [2.75, 3.05) is 26.9 Å². The van der Waals surface area contributed by atoms with E-state index < -0.39 is 0 Å². The van der Waals surface area contributed by atoms with Crippen molar-refractivity contribution in [3.8, 4) is 0 Å². The van der Waals surface area contributed by atoms with Crippen molar-refractivity contribution in [1.82, 2.24) is 10.6 Å². The predicted octanol–water partition coefficient (Wildman–Crippen LogP) is 0.295. The first-order valence-electron chi connectivity index (χ1n) is 6.13. The molecule has 0 aromatic heterocycles. The molecule has 0 radical (unpaired) electrons. The molecule has 100 valence electrons. The van der Waals surface area contributed by atoms with Gasteiger partial charge in [0.2, 0.25) is 5.91 Å². The molecule has 0 aliphatic carbocycles. The largest absolute Gasteiger partial charge is 0.383 e. The lowest BCUT2D eigenvalue weighted by atomic mass is 9.95. The van der Waals surface area contributed by atoms with Gasteiger partial charge >= 0.3 is 0 Å². The number of rotatable bonds is 6.